The molecule has 0 unspecified atom stereocenters. The maximum absolute atomic E-state index is 5.88. The summed E-state index contributed by atoms with van der Waals surface area (Å²) in [5.74, 6) is 1.36. The fourth-order valence-electron chi connectivity index (χ4n) is 1.98. The van der Waals surface area contributed by atoms with Crippen molar-refractivity contribution in [1.82, 2.24) is 0 Å². The molecule has 0 saturated carbocycles. The Labute approximate surface area is 130 Å². The highest BCUT2D eigenvalue weighted by molar-refractivity contribution is 7.80. The van der Waals surface area contributed by atoms with E-state index in [9.17, 15) is 0 Å². The van der Waals surface area contributed by atoms with E-state index in [2.05, 4.69) is 19.1 Å². The molecule has 0 radical (unpaired) electrons. The van der Waals surface area contributed by atoms with Gasteiger partial charge in [0, 0.05) is 5.56 Å². The Bertz CT molecular complexity index is 640. The lowest BCUT2D eigenvalue weighted by Crippen LogP contribution is -2.10. The zero-order valence-electron chi connectivity index (χ0n) is 12.3. The average Bonchev–Trinajstić information content (AvgIpc) is 2.47. The summed E-state index contributed by atoms with van der Waals surface area (Å²) in [7, 11) is 0. The van der Waals surface area contributed by atoms with Crippen LogP contribution in [0.1, 0.15) is 23.6 Å². The molecule has 3 nitrogen and oxygen atoms in total. The minimum atomic E-state index is 0.349. The number of ether oxygens (including phenoxy) is 2. The predicted octanol–water partition coefficient (Wildman–Crippen LogP) is 3.61. The summed E-state index contributed by atoms with van der Waals surface area (Å²) in [4.78, 5) is 0.349. The molecule has 0 saturated heterocycles. The first-order valence-electron chi connectivity index (χ1n) is 6.85. The zero-order valence-corrected chi connectivity index (χ0v) is 13.1. The molecule has 2 aromatic carbocycles. The van der Waals surface area contributed by atoms with Gasteiger partial charge < -0.3 is 15.2 Å². The second-order valence-electron chi connectivity index (χ2n) is 4.67. The van der Waals surface area contributed by atoms with Crippen LogP contribution in [-0.4, -0.2) is 11.6 Å². The van der Waals surface area contributed by atoms with Gasteiger partial charge in [-0.05, 0) is 43.2 Å². The molecule has 21 heavy (non-hydrogen) atoms. The fraction of sp³-hybridized carbons (Fsp3) is 0.235. The van der Waals surface area contributed by atoms with E-state index >= 15 is 0 Å². The number of thiocarbonyl (C=S) groups is 1. The van der Waals surface area contributed by atoms with E-state index < -0.39 is 0 Å². The van der Waals surface area contributed by atoms with E-state index in [0.29, 0.717) is 29.7 Å². The summed E-state index contributed by atoms with van der Waals surface area (Å²) in [5, 5.41) is 0. The topological polar surface area (TPSA) is 44.5 Å². The zero-order chi connectivity index (χ0) is 15.2. The maximum atomic E-state index is 5.88. The van der Waals surface area contributed by atoms with Crippen molar-refractivity contribution in [1.29, 1.82) is 0 Å². The standard InChI is InChI=1S/C17H19NO2S/c1-3-19-16-10-13(17(18)21)8-9-15(16)20-11-14-7-5-4-6-12(14)2/h4-10H,3,11H2,1-2H3,(H2,18,21). The van der Waals surface area contributed by atoms with E-state index in [4.69, 9.17) is 27.4 Å². The summed E-state index contributed by atoms with van der Waals surface area (Å²) >= 11 is 4.99. The van der Waals surface area contributed by atoms with Crippen LogP contribution in [-0.2, 0) is 6.61 Å². The Morgan fingerprint density at radius 2 is 1.86 bits per heavy atom. The normalized spacial score (nSPS) is 10.2. The largest absolute Gasteiger partial charge is 0.490 e. The SMILES string of the molecule is CCOc1cc(C(N)=S)ccc1OCc1ccccc1C. The lowest BCUT2D eigenvalue weighted by atomic mass is 10.1. The number of benzene rings is 2. The molecule has 4 heteroatoms. The molecule has 2 aromatic rings. The molecule has 110 valence electrons. The van der Waals surface area contributed by atoms with E-state index in [0.717, 1.165) is 11.1 Å². The monoisotopic (exact) mass is 301 g/mol. The first kappa shape index (κ1) is 15.3. The van der Waals surface area contributed by atoms with Crippen molar-refractivity contribution in [2.45, 2.75) is 20.5 Å². The van der Waals surface area contributed by atoms with Crippen LogP contribution in [0, 0.1) is 6.92 Å². The van der Waals surface area contributed by atoms with Gasteiger partial charge in [0.15, 0.2) is 11.5 Å². The molecule has 0 fully saturated rings. The molecule has 0 heterocycles. The Balaban J connectivity index is 2.19. The van der Waals surface area contributed by atoms with Gasteiger partial charge in [-0.3, -0.25) is 0 Å². The van der Waals surface area contributed by atoms with Crippen LogP contribution in [0.15, 0.2) is 42.5 Å². The third-order valence-electron chi connectivity index (χ3n) is 3.17. The van der Waals surface area contributed by atoms with Gasteiger partial charge in [0.2, 0.25) is 0 Å². The molecule has 0 atom stereocenters. The summed E-state index contributed by atoms with van der Waals surface area (Å²) in [6.07, 6.45) is 0. The van der Waals surface area contributed by atoms with Crippen molar-refractivity contribution >= 4 is 17.2 Å². The van der Waals surface area contributed by atoms with Crippen molar-refractivity contribution in [2.75, 3.05) is 6.61 Å². The molecule has 0 aliphatic rings. The van der Waals surface area contributed by atoms with Gasteiger partial charge in [0.1, 0.15) is 11.6 Å². The molecule has 0 bridgehead atoms. The summed E-state index contributed by atoms with van der Waals surface area (Å²) in [6.45, 7) is 5.05. The molecular weight excluding hydrogens is 282 g/mol. The van der Waals surface area contributed by atoms with Crippen molar-refractivity contribution in [3.8, 4) is 11.5 Å². The number of hydrogen-bond acceptors (Lipinski definition) is 3. The van der Waals surface area contributed by atoms with Crippen molar-refractivity contribution in [2.24, 2.45) is 5.73 Å². The average molecular weight is 301 g/mol. The minimum Gasteiger partial charge on any atom is -0.490 e. The van der Waals surface area contributed by atoms with E-state index in [1.807, 2.05) is 37.3 Å². The van der Waals surface area contributed by atoms with Gasteiger partial charge in [-0.2, -0.15) is 0 Å². The Morgan fingerprint density at radius 1 is 1.10 bits per heavy atom. The summed E-state index contributed by atoms with van der Waals surface area (Å²) < 4.78 is 11.5. The lowest BCUT2D eigenvalue weighted by molar-refractivity contribution is 0.269. The van der Waals surface area contributed by atoms with Gasteiger partial charge in [0.25, 0.3) is 0 Å². The summed E-state index contributed by atoms with van der Waals surface area (Å²) in [6, 6.07) is 13.7. The predicted molar refractivity (Wildman–Crippen MR) is 89.0 cm³/mol. The quantitative estimate of drug-likeness (QED) is 0.828. The van der Waals surface area contributed by atoms with Crippen LogP contribution in [0.3, 0.4) is 0 Å². The molecule has 0 amide bonds. The van der Waals surface area contributed by atoms with Crippen LogP contribution in [0.5, 0.6) is 11.5 Å². The van der Waals surface area contributed by atoms with Crippen LogP contribution >= 0.6 is 12.2 Å². The molecule has 0 spiro atoms. The first-order chi connectivity index (χ1) is 10.1. The smallest absolute Gasteiger partial charge is 0.161 e. The highest BCUT2D eigenvalue weighted by Crippen LogP contribution is 2.29. The number of rotatable bonds is 6. The maximum Gasteiger partial charge on any atom is 0.161 e. The number of nitrogens with two attached hydrogens (primary N) is 1. The van der Waals surface area contributed by atoms with Crippen molar-refractivity contribution in [3.63, 3.8) is 0 Å². The van der Waals surface area contributed by atoms with Crippen LogP contribution in [0.25, 0.3) is 0 Å². The van der Waals surface area contributed by atoms with E-state index in [1.165, 1.54) is 5.56 Å². The lowest BCUT2D eigenvalue weighted by Gasteiger charge is -2.14. The Hall–Kier alpha value is -2.07. The highest BCUT2D eigenvalue weighted by Gasteiger charge is 2.08. The van der Waals surface area contributed by atoms with Crippen molar-refractivity contribution in [3.05, 3.63) is 59.2 Å². The Morgan fingerprint density at radius 3 is 2.52 bits per heavy atom. The number of aryl methyl sites for hydroxylation is 1. The van der Waals surface area contributed by atoms with E-state index in [1.54, 1.807) is 0 Å². The second-order valence-corrected chi connectivity index (χ2v) is 5.11. The second kappa shape index (κ2) is 7.09. The molecule has 2 N–H and O–H groups in total. The molecular formula is C17H19NO2S. The number of hydrogen-bond donors (Lipinski definition) is 1. The van der Waals surface area contributed by atoms with Gasteiger partial charge >= 0.3 is 0 Å². The van der Waals surface area contributed by atoms with E-state index in [-0.39, 0.29) is 0 Å². The van der Waals surface area contributed by atoms with Gasteiger partial charge in [0.05, 0.1) is 6.61 Å². The van der Waals surface area contributed by atoms with Crippen molar-refractivity contribution < 1.29 is 9.47 Å². The minimum absolute atomic E-state index is 0.349. The van der Waals surface area contributed by atoms with Gasteiger partial charge in [-0.25, -0.2) is 0 Å². The highest BCUT2D eigenvalue weighted by atomic mass is 32.1. The third-order valence-corrected chi connectivity index (χ3v) is 3.41. The molecule has 0 aromatic heterocycles. The van der Waals surface area contributed by atoms with Crippen LogP contribution < -0.4 is 15.2 Å². The summed E-state index contributed by atoms with van der Waals surface area (Å²) in [5.41, 5.74) is 8.78. The van der Waals surface area contributed by atoms with Gasteiger partial charge in [-0.15, -0.1) is 0 Å². The third kappa shape index (κ3) is 3.95. The fourth-order valence-corrected chi connectivity index (χ4v) is 2.10. The van der Waals surface area contributed by atoms with Gasteiger partial charge in [-0.1, -0.05) is 36.5 Å². The molecule has 0 aliphatic heterocycles. The molecule has 0 aliphatic carbocycles. The van der Waals surface area contributed by atoms with Crippen LogP contribution in [0.4, 0.5) is 0 Å². The Kier molecular flexibility index (Phi) is 5.17. The first-order valence-corrected chi connectivity index (χ1v) is 7.26. The van der Waals surface area contributed by atoms with Crippen LogP contribution in [0.2, 0.25) is 0 Å². The molecule has 2 rings (SSSR count).